The molecule has 0 aromatic heterocycles. The molecule has 1 aromatic rings. The first kappa shape index (κ1) is 9.41. The van der Waals surface area contributed by atoms with Crippen molar-refractivity contribution in [1.82, 2.24) is 0 Å². The van der Waals surface area contributed by atoms with Crippen LogP contribution < -0.4 is 0 Å². The molecular weight excluding hydrogens is 176 g/mol. The maximum atomic E-state index is 11.0. The van der Waals surface area contributed by atoms with E-state index in [1.54, 1.807) is 6.92 Å². The lowest BCUT2D eigenvalue weighted by molar-refractivity contribution is 0.101. The van der Waals surface area contributed by atoms with E-state index in [9.17, 15) is 4.79 Å². The molecule has 0 amide bonds. The second-order valence-electron chi connectivity index (χ2n) is 3.68. The molecule has 0 aliphatic carbocycles. The molecule has 1 aliphatic heterocycles. The van der Waals surface area contributed by atoms with Crippen LogP contribution in [0.15, 0.2) is 24.3 Å². The van der Waals surface area contributed by atoms with E-state index in [2.05, 4.69) is 6.92 Å². The van der Waals surface area contributed by atoms with E-state index in [1.807, 2.05) is 24.3 Å². The zero-order chi connectivity index (χ0) is 10.1. The maximum absolute atomic E-state index is 11.0. The molecule has 0 radical (unpaired) electrons. The fourth-order valence-corrected chi connectivity index (χ4v) is 1.65. The van der Waals surface area contributed by atoms with Crippen molar-refractivity contribution in [2.75, 3.05) is 0 Å². The number of ketones is 1. The smallest absolute Gasteiger partial charge is 0.159 e. The van der Waals surface area contributed by atoms with Crippen LogP contribution in [0.5, 0.6) is 0 Å². The molecule has 14 heavy (non-hydrogen) atoms. The molecule has 0 saturated carbocycles. The Kier molecular flexibility index (Phi) is 2.38. The SMILES string of the molecule is CCC1OC1c1ccc(C(C)=O)cc1. The summed E-state index contributed by atoms with van der Waals surface area (Å²) in [6.07, 6.45) is 1.71. The zero-order valence-corrected chi connectivity index (χ0v) is 8.49. The topological polar surface area (TPSA) is 29.6 Å². The summed E-state index contributed by atoms with van der Waals surface area (Å²) in [7, 11) is 0. The van der Waals surface area contributed by atoms with E-state index in [1.165, 1.54) is 5.56 Å². The fourth-order valence-electron chi connectivity index (χ4n) is 1.65. The highest BCUT2D eigenvalue weighted by Crippen LogP contribution is 2.40. The molecule has 1 aliphatic rings. The van der Waals surface area contributed by atoms with Crippen molar-refractivity contribution in [1.29, 1.82) is 0 Å². The Morgan fingerprint density at radius 2 is 2.00 bits per heavy atom. The van der Waals surface area contributed by atoms with Gasteiger partial charge in [0.15, 0.2) is 5.78 Å². The molecule has 0 N–H and O–H groups in total. The van der Waals surface area contributed by atoms with Crippen molar-refractivity contribution in [3.05, 3.63) is 35.4 Å². The Morgan fingerprint density at radius 1 is 1.36 bits per heavy atom. The number of ether oxygens (including phenoxy) is 1. The lowest BCUT2D eigenvalue weighted by Crippen LogP contribution is -1.92. The van der Waals surface area contributed by atoms with E-state index in [0.29, 0.717) is 6.10 Å². The van der Waals surface area contributed by atoms with Gasteiger partial charge in [0.05, 0.1) is 6.10 Å². The van der Waals surface area contributed by atoms with Gasteiger partial charge in [-0.2, -0.15) is 0 Å². The minimum Gasteiger partial charge on any atom is -0.365 e. The van der Waals surface area contributed by atoms with Crippen LogP contribution in [0.4, 0.5) is 0 Å². The first-order chi connectivity index (χ1) is 6.72. The monoisotopic (exact) mass is 190 g/mol. The quantitative estimate of drug-likeness (QED) is 0.541. The summed E-state index contributed by atoms with van der Waals surface area (Å²) in [5, 5.41) is 0. The molecule has 2 atom stereocenters. The molecule has 1 saturated heterocycles. The van der Waals surface area contributed by atoms with Gasteiger partial charge in [-0.05, 0) is 18.9 Å². The molecule has 2 heteroatoms. The molecule has 2 rings (SSSR count). The minimum atomic E-state index is 0.111. The number of hydrogen-bond donors (Lipinski definition) is 0. The van der Waals surface area contributed by atoms with E-state index >= 15 is 0 Å². The Balaban J connectivity index is 2.11. The highest BCUT2D eigenvalue weighted by molar-refractivity contribution is 5.94. The first-order valence-electron chi connectivity index (χ1n) is 4.98. The van der Waals surface area contributed by atoms with Crippen LogP contribution in [0.25, 0.3) is 0 Å². The van der Waals surface area contributed by atoms with Crippen molar-refractivity contribution in [2.24, 2.45) is 0 Å². The molecule has 2 unspecified atom stereocenters. The van der Waals surface area contributed by atoms with Gasteiger partial charge in [0.25, 0.3) is 0 Å². The third-order valence-corrected chi connectivity index (χ3v) is 2.63. The van der Waals surface area contributed by atoms with Gasteiger partial charge >= 0.3 is 0 Å². The van der Waals surface area contributed by atoms with Crippen molar-refractivity contribution in [3.63, 3.8) is 0 Å². The van der Waals surface area contributed by atoms with Gasteiger partial charge in [-0.3, -0.25) is 4.79 Å². The summed E-state index contributed by atoms with van der Waals surface area (Å²) in [4.78, 5) is 11.0. The molecular formula is C12H14O2. The van der Waals surface area contributed by atoms with Gasteiger partial charge in [0, 0.05) is 5.56 Å². The summed E-state index contributed by atoms with van der Waals surface area (Å²) in [6.45, 7) is 3.70. The Labute approximate surface area is 83.9 Å². The van der Waals surface area contributed by atoms with Crippen molar-refractivity contribution >= 4 is 5.78 Å². The molecule has 0 spiro atoms. The molecule has 0 bridgehead atoms. The van der Waals surface area contributed by atoms with Crippen LogP contribution in [0.2, 0.25) is 0 Å². The standard InChI is InChI=1S/C12H14O2/c1-3-11-12(14-11)10-6-4-9(5-7-10)8(2)13/h4-7,11-12H,3H2,1-2H3. The van der Waals surface area contributed by atoms with E-state index < -0.39 is 0 Å². The Morgan fingerprint density at radius 3 is 2.43 bits per heavy atom. The van der Waals surface area contributed by atoms with Crippen LogP contribution >= 0.6 is 0 Å². The normalized spacial score (nSPS) is 24.7. The number of benzene rings is 1. The molecule has 1 aromatic carbocycles. The maximum Gasteiger partial charge on any atom is 0.159 e. The number of Topliss-reactive ketones (excluding diaryl/α,β-unsaturated/α-hetero) is 1. The van der Waals surface area contributed by atoms with Gasteiger partial charge < -0.3 is 4.74 Å². The summed E-state index contributed by atoms with van der Waals surface area (Å²) < 4.78 is 5.47. The van der Waals surface area contributed by atoms with E-state index in [4.69, 9.17) is 4.74 Å². The van der Waals surface area contributed by atoms with Gasteiger partial charge in [-0.1, -0.05) is 31.2 Å². The predicted molar refractivity (Wildman–Crippen MR) is 54.4 cm³/mol. The van der Waals surface area contributed by atoms with E-state index in [0.717, 1.165) is 12.0 Å². The number of epoxide rings is 1. The van der Waals surface area contributed by atoms with Gasteiger partial charge in [-0.15, -0.1) is 0 Å². The van der Waals surface area contributed by atoms with Crippen molar-refractivity contribution in [2.45, 2.75) is 32.5 Å². The van der Waals surface area contributed by atoms with Crippen molar-refractivity contribution < 1.29 is 9.53 Å². The average Bonchev–Trinajstić information content (AvgIpc) is 2.97. The van der Waals surface area contributed by atoms with Gasteiger partial charge in [-0.25, -0.2) is 0 Å². The third-order valence-electron chi connectivity index (χ3n) is 2.63. The second-order valence-corrected chi connectivity index (χ2v) is 3.68. The minimum absolute atomic E-state index is 0.111. The van der Waals surface area contributed by atoms with Crippen LogP contribution in [-0.4, -0.2) is 11.9 Å². The summed E-state index contributed by atoms with van der Waals surface area (Å²) in [6, 6.07) is 7.70. The van der Waals surface area contributed by atoms with Gasteiger partial charge in [0.1, 0.15) is 6.10 Å². The molecule has 2 nitrogen and oxygen atoms in total. The number of carbonyl (C=O) groups is 1. The highest BCUT2D eigenvalue weighted by atomic mass is 16.6. The Bertz CT molecular complexity index is 340. The lowest BCUT2D eigenvalue weighted by atomic mass is 10.0. The largest absolute Gasteiger partial charge is 0.365 e. The fraction of sp³-hybridized carbons (Fsp3) is 0.417. The Hall–Kier alpha value is -1.15. The van der Waals surface area contributed by atoms with E-state index in [-0.39, 0.29) is 11.9 Å². The lowest BCUT2D eigenvalue weighted by Gasteiger charge is -1.97. The summed E-state index contributed by atoms with van der Waals surface area (Å²) >= 11 is 0. The summed E-state index contributed by atoms with van der Waals surface area (Å²) in [5.41, 5.74) is 1.95. The second kappa shape index (κ2) is 3.54. The molecule has 74 valence electrons. The molecule has 1 heterocycles. The number of hydrogen-bond acceptors (Lipinski definition) is 2. The first-order valence-corrected chi connectivity index (χ1v) is 4.98. The van der Waals surface area contributed by atoms with Crippen LogP contribution in [0.1, 0.15) is 42.3 Å². The molecule has 1 fully saturated rings. The summed E-state index contributed by atoms with van der Waals surface area (Å²) in [5.74, 6) is 0.111. The van der Waals surface area contributed by atoms with Crippen molar-refractivity contribution in [3.8, 4) is 0 Å². The average molecular weight is 190 g/mol. The van der Waals surface area contributed by atoms with Gasteiger partial charge in [0.2, 0.25) is 0 Å². The zero-order valence-electron chi connectivity index (χ0n) is 8.49. The van der Waals surface area contributed by atoms with Crippen LogP contribution in [-0.2, 0) is 4.74 Å². The number of carbonyl (C=O) groups excluding carboxylic acids is 1. The third kappa shape index (κ3) is 1.70. The predicted octanol–water partition coefficient (Wildman–Crippen LogP) is 2.74. The number of rotatable bonds is 3. The van der Waals surface area contributed by atoms with Crippen LogP contribution in [0.3, 0.4) is 0 Å². The highest BCUT2D eigenvalue weighted by Gasteiger charge is 2.38. The van der Waals surface area contributed by atoms with Crippen LogP contribution in [0, 0.1) is 0 Å².